The summed E-state index contributed by atoms with van der Waals surface area (Å²) in [4.78, 5) is 25.3. The van der Waals surface area contributed by atoms with Crippen LogP contribution in [0.1, 0.15) is 30.6 Å². The van der Waals surface area contributed by atoms with Crippen LogP contribution in [0.2, 0.25) is 10.0 Å². The molecule has 0 aliphatic carbocycles. The van der Waals surface area contributed by atoms with Crippen molar-refractivity contribution in [3.8, 4) is 0 Å². The number of carbonyl (C=O) groups excluding carboxylic acids is 2. The van der Waals surface area contributed by atoms with Crippen molar-refractivity contribution in [2.75, 3.05) is 11.9 Å². The quantitative estimate of drug-likeness (QED) is 0.470. The molecule has 4 nitrogen and oxygen atoms in total. The highest BCUT2D eigenvalue weighted by molar-refractivity contribution is 8.00. The summed E-state index contributed by atoms with van der Waals surface area (Å²) in [5, 5.41) is 3.48. The molecule has 1 amide bonds. The first-order valence-electron chi connectivity index (χ1n) is 8.14. The summed E-state index contributed by atoms with van der Waals surface area (Å²) in [5.74, 6) is -0.602. The van der Waals surface area contributed by atoms with Crippen molar-refractivity contribution >= 4 is 52.5 Å². The van der Waals surface area contributed by atoms with Crippen molar-refractivity contribution < 1.29 is 14.3 Å². The van der Waals surface area contributed by atoms with Gasteiger partial charge in [-0.05, 0) is 55.8 Å². The Morgan fingerprint density at radius 2 is 1.81 bits per heavy atom. The van der Waals surface area contributed by atoms with Crippen molar-refractivity contribution in [1.82, 2.24) is 0 Å². The van der Waals surface area contributed by atoms with Gasteiger partial charge in [0.2, 0.25) is 5.91 Å². The third-order valence-corrected chi connectivity index (χ3v) is 5.43. The molecule has 0 saturated heterocycles. The van der Waals surface area contributed by atoms with E-state index in [1.54, 1.807) is 31.2 Å². The molecule has 0 unspecified atom stereocenters. The number of anilines is 1. The maximum Gasteiger partial charge on any atom is 0.338 e. The first kappa shape index (κ1) is 20.6. The van der Waals surface area contributed by atoms with Crippen LogP contribution in [-0.4, -0.2) is 23.7 Å². The lowest BCUT2D eigenvalue weighted by Gasteiger charge is -2.16. The number of thioether (sulfide) groups is 1. The zero-order chi connectivity index (χ0) is 19.1. The van der Waals surface area contributed by atoms with Crippen LogP contribution < -0.4 is 5.32 Å². The summed E-state index contributed by atoms with van der Waals surface area (Å²) < 4.78 is 4.94. The molecule has 7 heteroatoms. The minimum absolute atomic E-state index is 0.154. The van der Waals surface area contributed by atoms with Gasteiger partial charge in [0.15, 0.2) is 0 Å². The Balaban J connectivity index is 2.07. The molecule has 1 atom stereocenters. The van der Waals surface area contributed by atoms with Gasteiger partial charge in [0.1, 0.15) is 0 Å². The zero-order valence-corrected chi connectivity index (χ0v) is 16.8. The number of hydrogen-bond donors (Lipinski definition) is 1. The Morgan fingerprint density at radius 1 is 1.12 bits per heavy atom. The monoisotopic (exact) mass is 411 g/mol. The van der Waals surface area contributed by atoms with Crippen molar-refractivity contribution in [2.24, 2.45) is 0 Å². The second-order valence-electron chi connectivity index (χ2n) is 5.37. The molecule has 0 bridgehead atoms. The van der Waals surface area contributed by atoms with Crippen LogP contribution >= 0.6 is 35.0 Å². The molecule has 2 aromatic rings. The van der Waals surface area contributed by atoms with E-state index in [1.165, 1.54) is 17.8 Å². The maximum atomic E-state index is 12.6. The van der Waals surface area contributed by atoms with Gasteiger partial charge in [-0.25, -0.2) is 4.79 Å². The van der Waals surface area contributed by atoms with Gasteiger partial charge in [-0.2, -0.15) is 0 Å². The van der Waals surface area contributed by atoms with E-state index >= 15 is 0 Å². The number of amides is 1. The lowest BCUT2D eigenvalue weighted by Crippen LogP contribution is -2.24. The number of benzene rings is 2. The van der Waals surface area contributed by atoms with Crippen LogP contribution in [0.4, 0.5) is 5.69 Å². The van der Waals surface area contributed by atoms with Gasteiger partial charge >= 0.3 is 5.97 Å². The molecule has 0 aliphatic rings. The number of rotatable bonds is 7. The van der Waals surface area contributed by atoms with Gasteiger partial charge in [-0.1, -0.05) is 30.1 Å². The van der Waals surface area contributed by atoms with Crippen molar-refractivity contribution in [3.63, 3.8) is 0 Å². The Kier molecular flexibility index (Phi) is 7.82. The highest BCUT2D eigenvalue weighted by Crippen LogP contribution is 2.29. The SMILES string of the molecule is CCOC(=O)c1ccc(NC(=O)[C@@H](CC)Sc2ccc(Cl)cc2)c(Cl)c1. The molecule has 26 heavy (non-hydrogen) atoms. The minimum Gasteiger partial charge on any atom is -0.462 e. The van der Waals surface area contributed by atoms with E-state index in [0.29, 0.717) is 22.7 Å². The maximum absolute atomic E-state index is 12.6. The molecule has 0 saturated carbocycles. The number of hydrogen-bond acceptors (Lipinski definition) is 4. The van der Waals surface area contributed by atoms with Crippen LogP contribution in [0.3, 0.4) is 0 Å². The standard InChI is InChI=1S/C19H19Cl2NO3S/c1-3-17(26-14-8-6-13(20)7-9-14)18(23)22-16-10-5-12(11-15(16)21)19(24)25-4-2/h5-11,17H,3-4H2,1-2H3,(H,22,23)/t17-/m1/s1. The average molecular weight is 412 g/mol. The second-order valence-corrected chi connectivity index (χ2v) is 7.49. The predicted molar refractivity (Wildman–Crippen MR) is 107 cm³/mol. The van der Waals surface area contributed by atoms with E-state index in [1.807, 2.05) is 19.1 Å². The largest absolute Gasteiger partial charge is 0.462 e. The molecule has 0 spiro atoms. The molecule has 0 fully saturated rings. The smallest absolute Gasteiger partial charge is 0.338 e. The van der Waals surface area contributed by atoms with E-state index in [9.17, 15) is 9.59 Å². The fourth-order valence-electron chi connectivity index (χ4n) is 2.17. The second kappa shape index (κ2) is 9.86. The molecule has 0 aromatic heterocycles. The Morgan fingerprint density at radius 3 is 2.38 bits per heavy atom. The summed E-state index contributed by atoms with van der Waals surface area (Å²) in [6.07, 6.45) is 0.650. The molecular formula is C19H19Cl2NO3S. The van der Waals surface area contributed by atoms with Crippen LogP contribution in [0.25, 0.3) is 0 Å². The molecule has 2 rings (SSSR count). The van der Waals surface area contributed by atoms with Crippen LogP contribution in [0.5, 0.6) is 0 Å². The fraction of sp³-hybridized carbons (Fsp3) is 0.263. The van der Waals surface area contributed by atoms with Crippen LogP contribution in [-0.2, 0) is 9.53 Å². The van der Waals surface area contributed by atoms with Gasteiger partial charge in [0.05, 0.1) is 28.1 Å². The van der Waals surface area contributed by atoms with E-state index < -0.39 is 5.97 Å². The molecule has 0 aliphatic heterocycles. The van der Waals surface area contributed by atoms with Crippen LogP contribution in [0.15, 0.2) is 47.4 Å². The Bertz CT molecular complexity index is 781. The minimum atomic E-state index is -0.447. The number of esters is 1. The van der Waals surface area contributed by atoms with Gasteiger partial charge in [-0.3, -0.25) is 4.79 Å². The summed E-state index contributed by atoms with van der Waals surface area (Å²) in [5.41, 5.74) is 0.803. The fourth-order valence-corrected chi connectivity index (χ4v) is 3.48. The Labute approximate surface area is 167 Å². The highest BCUT2D eigenvalue weighted by atomic mass is 35.5. The first-order valence-corrected chi connectivity index (χ1v) is 9.77. The number of carbonyl (C=O) groups is 2. The molecule has 138 valence electrons. The lowest BCUT2D eigenvalue weighted by molar-refractivity contribution is -0.115. The number of ether oxygens (including phenoxy) is 1. The molecule has 2 aromatic carbocycles. The van der Waals surface area contributed by atoms with E-state index in [0.717, 1.165) is 4.90 Å². The average Bonchev–Trinajstić information content (AvgIpc) is 2.63. The van der Waals surface area contributed by atoms with E-state index in [2.05, 4.69) is 5.32 Å². The van der Waals surface area contributed by atoms with E-state index in [-0.39, 0.29) is 22.8 Å². The summed E-state index contributed by atoms with van der Waals surface area (Å²) in [7, 11) is 0. The Hall–Kier alpha value is -1.69. The van der Waals surface area contributed by atoms with Gasteiger partial charge < -0.3 is 10.1 Å². The molecular weight excluding hydrogens is 393 g/mol. The van der Waals surface area contributed by atoms with Crippen molar-refractivity contribution in [3.05, 3.63) is 58.1 Å². The van der Waals surface area contributed by atoms with Crippen molar-refractivity contribution in [2.45, 2.75) is 30.4 Å². The van der Waals surface area contributed by atoms with Crippen LogP contribution in [0, 0.1) is 0 Å². The number of halogens is 2. The number of nitrogens with one attached hydrogen (secondary N) is 1. The third kappa shape index (κ3) is 5.66. The van der Waals surface area contributed by atoms with E-state index in [4.69, 9.17) is 27.9 Å². The topological polar surface area (TPSA) is 55.4 Å². The zero-order valence-electron chi connectivity index (χ0n) is 14.4. The lowest BCUT2D eigenvalue weighted by atomic mass is 10.2. The molecule has 0 radical (unpaired) electrons. The van der Waals surface area contributed by atoms with Gasteiger partial charge in [-0.15, -0.1) is 11.8 Å². The molecule has 0 heterocycles. The summed E-state index contributed by atoms with van der Waals surface area (Å²) in [6, 6.07) is 12.0. The summed E-state index contributed by atoms with van der Waals surface area (Å²) >= 11 is 13.5. The van der Waals surface area contributed by atoms with Crippen molar-refractivity contribution in [1.29, 1.82) is 0 Å². The molecule has 1 N–H and O–H groups in total. The van der Waals surface area contributed by atoms with Gasteiger partial charge in [0, 0.05) is 9.92 Å². The highest BCUT2D eigenvalue weighted by Gasteiger charge is 2.19. The normalized spacial score (nSPS) is 11.7. The first-order chi connectivity index (χ1) is 12.4. The predicted octanol–water partition coefficient (Wildman–Crippen LogP) is 5.68. The third-order valence-electron chi connectivity index (χ3n) is 3.49. The summed E-state index contributed by atoms with van der Waals surface area (Å²) in [6.45, 7) is 3.96. The van der Waals surface area contributed by atoms with Gasteiger partial charge in [0.25, 0.3) is 0 Å².